The van der Waals surface area contributed by atoms with E-state index >= 15 is 0 Å². The van der Waals surface area contributed by atoms with Gasteiger partial charge in [-0.05, 0) is 37.0 Å². The fourth-order valence-electron chi connectivity index (χ4n) is 2.18. The van der Waals surface area contributed by atoms with Crippen molar-refractivity contribution < 1.29 is 19.4 Å². The Morgan fingerprint density at radius 2 is 2.15 bits per heavy atom. The Morgan fingerprint density at radius 1 is 1.40 bits per heavy atom. The molecule has 0 atom stereocenters. The Balaban J connectivity index is 1.91. The molecule has 0 heterocycles. The van der Waals surface area contributed by atoms with Crippen molar-refractivity contribution in [3.8, 4) is 5.75 Å². The van der Waals surface area contributed by atoms with Crippen LogP contribution >= 0.6 is 0 Å². The van der Waals surface area contributed by atoms with Crippen molar-refractivity contribution >= 4 is 11.9 Å². The number of carboxylic acid groups (broad SMARTS) is 1. The van der Waals surface area contributed by atoms with Crippen molar-refractivity contribution in [1.29, 1.82) is 0 Å². The second-order valence-corrected chi connectivity index (χ2v) is 5.00. The van der Waals surface area contributed by atoms with Crippen molar-refractivity contribution in [3.63, 3.8) is 0 Å². The van der Waals surface area contributed by atoms with Crippen LogP contribution in [0.2, 0.25) is 0 Å². The number of nitrogens with zero attached hydrogens (tertiary/aromatic N) is 1. The molecule has 1 N–H and O–H groups in total. The highest BCUT2D eigenvalue weighted by Crippen LogP contribution is 2.27. The molecule has 1 aromatic rings. The van der Waals surface area contributed by atoms with E-state index in [-0.39, 0.29) is 18.5 Å². The number of methoxy groups -OCH3 is 1. The van der Waals surface area contributed by atoms with Crippen molar-refractivity contribution in [2.75, 3.05) is 13.7 Å². The van der Waals surface area contributed by atoms with E-state index in [1.807, 2.05) is 24.3 Å². The Bertz CT molecular complexity index is 496. The Labute approximate surface area is 118 Å². The summed E-state index contributed by atoms with van der Waals surface area (Å²) >= 11 is 0. The van der Waals surface area contributed by atoms with Crippen LogP contribution in [0.25, 0.3) is 0 Å². The smallest absolute Gasteiger partial charge is 0.323 e. The van der Waals surface area contributed by atoms with E-state index in [4.69, 9.17) is 9.84 Å². The van der Waals surface area contributed by atoms with Gasteiger partial charge in [-0.1, -0.05) is 12.1 Å². The number of hydrogen-bond acceptors (Lipinski definition) is 3. The first-order valence-corrected chi connectivity index (χ1v) is 6.74. The van der Waals surface area contributed by atoms with Gasteiger partial charge in [-0.25, -0.2) is 0 Å². The zero-order chi connectivity index (χ0) is 14.5. The van der Waals surface area contributed by atoms with Crippen LogP contribution in [-0.2, 0) is 16.0 Å². The average Bonchev–Trinajstić information content (AvgIpc) is 3.26. The first-order valence-electron chi connectivity index (χ1n) is 6.74. The summed E-state index contributed by atoms with van der Waals surface area (Å²) in [5, 5.41) is 8.85. The van der Waals surface area contributed by atoms with E-state index in [0.29, 0.717) is 12.8 Å². The lowest BCUT2D eigenvalue weighted by Gasteiger charge is -2.20. The minimum absolute atomic E-state index is 0.0854. The molecule has 1 aliphatic rings. The number of ether oxygens (including phenoxy) is 1. The molecule has 0 aliphatic heterocycles. The fourth-order valence-corrected chi connectivity index (χ4v) is 2.18. The summed E-state index contributed by atoms with van der Waals surface area (Å²) < 4.78 is 5.14. The third-order valence-corrected chi connectivity index (χ3v) is 3.38. The number of carbonyl (C=O) groups excluding carboxylic acids is 1. The lowest BCUT2D eigenvalue weighted by atomic mass is 10.1. The highest BCUT2D eigenvalue weighted by molar-refractivity contribution is 5.82. The lowest BCUT2D eigenvalue weighted by molar-refractivity contribution is -0.144. The van der Waals surface area contributed by atoms with E-state index in [1.54, 1.807) is 7.11 Å². The van der Waals surface area contributed by atoms with Gasteiger partial charge >= 0.3 is 5.97 Å². The van der Waals surface area contributed by atoms with Gasteiger partial charge in [-0.3, -0.25) is 9.59 Å². The van der Waals surface area contributed by atoms with Gasteiger partial charge in [0.1, 0.15) is 12.3 Å². The summed E-state index contributed by atoms with van der Waals surface area (Å²) in [5.74, 6) is -0.274. The van der Waals surface area contributed by atoms with Gasteiger partial charge in [0.2, 0.25) is 5.91 Å². The van der Waals surface area contributed by atoms with Crippen molar-refractivity contribution in [2.45, 2.75) is 31.7 Å². The molecule has 20 heavy (non-hydrogen) atoms. The number of carbonyl (C=O) groups is 2. The maximum absolute atomic E-state index is 12.1. The molecule has 0 aromatic heterocycles. The van der Waals surface area contributed by atoms with Gasteiger partial charge in [0.25, 0.3) is 0 Å². The molecule has 0 radical (unpaired) electrons. The molecule has 5 heteroatoms. The number of amides is 1. The predicted molar refractivity (Wildman–Crippen MR) is 73.7 cm³/mol. The van der Waals surface area contributed by atoms with Crippen LogP contribution in [0.1, 0.15) is 24.8 Å². The van der Waals surface area contributed by atoms with E-state index in [9.17, 15) is 9.59 Å². The maximum Gasteiger partial charge on any atom is 0.323 e. The van der Waals surface area contributed by atoms with Gasteiger partial charge in [0, 0.05) is 12.5 Å². The van der Waals surface area contributed by atoms with Crippen LogP contribution in [0.5, 0.6) is 5.75 Å². The molecule has 108 valence electrons. The topological polar surface area (TPSA) is 66.8 Å². The molecule has 5 nitrogen and oxygen atoms in total. The molecule has 1 amide bonds. The third-order valence-electron chi connectivity index (χ3n) is 3.38. The number of rotatable bonds is 7. The molecule has 0 bridgehead atoms. The lowest BCUT2D eigenvalue weighted by Crippen LogP contribution is -2.37. The second kappa shape index (κ2) is 6.41. The first-order chi connectivity index (χ1) is 9.60. The van der Waals surface area contributed by atoms with Crippen LogP contribution in [-0.4, -0.2) is 41.6 Å². The quantitative estimate of drug-likeness (QED) is 0.823. The van der Waals surface area contributed by atoms with Crippen molar-refractivity contribution in [3.05, 3.63) is 29.8 Å². The molecule has 1 aliphatic carbocycles. The fraction of sp³-hybridized carbons (Fsp3) is 0.467. The van der Waals surface area contributed by atoms with Crippen molar-refractivity contribution in [1.82, 2.24) is 4.90 Å². The zero-order valence-corrected chi connectivity index (χ0v) is 11.5. The molecular weight excluding hydrogens is 258 g/mol. The van der Waals surface area contributed by atoms with E-state index in [2.05, 4.69) is 0 Å². The number of aliphatic carboxylic acids is 1. The number of hydrogen-bond donors (Lipinski definition) is 1. The van der Waals surface area contributed by atoms with Crippen LogP contribution in [0.4, 0.5) is 0 Å². The van der Waals surface area contributed by atoms with Gasteiger partial charge in [0.05, 0.1) is 7.11 Å². The molecule has 1 saturated carbocycles. The van der Waals surface area contributed by atoms with Crippen LogP contribution in [0.15, 0.2) is 24.3 Å². The zero-order valence-electron chi connectivity index (χ0n) is 11.5. The van der Waals surface area contributed by atoms with Gasteiger partial charge in [-0.15, -0.1) is 0 Å². The SMILES string of the molecule is COc1cccc(CCC(=O)N(CC(=O)O)C2CC2)c1. The Kier molecular flexibility index (Phi) is 4.61. The Hall–Kier alpha value is -2.04. The normalized spacial score (nSPS) is 13.8. The van der Waals surface area contributed by atoms with Crippen LogP contribution in [0, 0.1) is 0 Å². The average molecular weight is 277 g/mol. The molecule has 0 unspecified atom stereocenters. The standard InChI is InChI=1S/C15H19NO4/c1-20-13-4-2-3-11(9-13)5-8-14(17)16(10-15(18)19)12-6-7-12/h2-4,9,12H,5-8,10H2,1H3,(H,18,19). The molecule has 1 fully saturated rings. The highest BCUT2D eigenvalue weighted by Gasteiger charge is 2.33. The van der Waals surface area contributed by atoms with Crippen LogP contribution < -0.4 is 4.74 Å². The summed E-state index contributed by atoms with van der Waals surface area (Å²) in [4.78, 5) is 24.4. The third kappa shape index (κ3) is 3.98. The highest BCUT2D eigenvalue weighted by atomic mass is 16.5. The minimum atomic E-state index is -0.952. The Morgan fingerprint density at radius 3 is 2.75 bits per heavy atom. The second-order valence-electron chi connectivity index (χ2n) is 5.00. The van der Waals surface area contributed by atoms with Crippen LogP contribution in [0.3, 0.4) is 0 Å². The maximum atomic E-state index is 12.1. The number of carboxylic acids is 1. The summed E-state index contributed by atoms with van der Waals surface area (Å²) in [6.45, 7) is -0.193. The van der Waals surface area contributed by atoms with Gasteiger partial charge < -0.3 is 14.7 Å². The summed E-state index contributed by atoms with van der Waals surface area (Å²) in [6, 6.07) is 7.70. The summed E-state index contributed by atoms with van der Waals surface area (Å²) in [6.07, 6.45) is 2.76. The first kappa shape index (κ1) is 14.4. The monoisotopic (exact) mass is 277 g/mol. The summed E-state index contributed by atoms with van der Waals surface area (Å²) in [5.41, 5.74) is 1.02. The van der Waals surface area contributed by atoms with Gasteiger partial charge in [0.15, 0.2) is 0 Å². The summed E-state index contributed by atoms with van der Waals surface area (Å²) in [7, 11) is 1.60. The predicted octanol–water partition coefficient (Wildman–Crippen LogP) is 1.70. The van der Waals surface area contributed by atoms with Crippen molar-refractivity contribution in [2.24, 2.45) is 0 Å². The number of benzene rings is 1. The molecular formula is C15H19NO4. The van der Waals surface area contributed by atoms with Gasteiger partial charge in [-0.2, -0.15) is 0 Å². The molecule has 2 rings (SSSR count). The molecule has 0 spiro atoms. The largest absolute Gasteiger partial charge is 0.497 e. The van der Waals surface area contributed by atoms with E-state index in [0.717, 1.165) is 24.2 Å². The number of aryl methyl sites for hydroxylation is 1. The minimum Gasteiger partial charge on any atom is -0.497 e. The molecule has 0 saturated heterocycles. The molecule has 1 aromatic carbocycles. The van der Waals surface area contributed by atoms with E-state index < -0.39 is 5.97 Å². The van der Waals surface area contributed by atoms with E-state index in [1.165, 1.54) is 4.90 Å².